The summed E-state index contributed by atoms with van der Waals surface area (Å²) in [7, 11) is 1.57. The Morgan fingerprint density at radius 3 is 2.56 bits per heavy atom. The van der Waals surface area contributed by atoms with Crippen LogP contribution in [0.15, 0.2) is 59.2 Å². The first-order valence-corrected chi connectivity index (χ1v) is 7.60. The molecule has 0 radical (unpaired) electrons. The number of ether oxygens (including phenoxy) is 2. The standard InChI is InChI=1S/C19H16N2O4/c1-12(22)20-15-9-7-13(8-10-15)18-21-16(19(23)25-18)11-14-5-3-4-6-17(14)24-2/h3-11H,1-2H3,(H,20,22)/b16-11-. The van der Waals surface area contributed by atoms with Crippen LogP contribution in [-0.2, 0) is 14.3 Å². The highest BCUT2D eigenvalue weighted by molar-refractivity contribution is 6.13. The van der Waals surface area contributed by atoms with Gasteiger partial charge < -0.3 is 14.8 Å². The number of amides is 1. The monoisotopic (exact) mass is 336 g/mol. The smallest absolute Gasteiger partial charge is 0.363 e. The number of aliphatic imine (C=N–C) groups is 1. The van der Waals surface area contributed by atoms with E-state index >= 15 is 0 Å². The van der Waals surface area contributed by atoms with Gasteiger partial charge in [-0.3, -0.25) is 4.79 Å². The Balaban J connectivity index is 1.87. The number of carbonyl (C=O) groups excluding carboxylic acids is 2. The van der Waals surface area contributed by atoms with Crippen LogP contribution in [0.25, 0.3) is 6.08 Å². The largest absolute Gasteiger partial charge is 0.496 e. The maximum Gasteiger partial charge on any atom is 0.363 e. The number of methoxy groups -OCH3 is 1. The van der Waals surface area contributed by atoms with Gasteiger partial charge in [0.1, 0.15) is 5.75 Å². The zero-order valence-corrected chi connectivity index (χ0v) is 13.8. The molecule has 0 saturated heterocycles. The highest BCUT2D eigenvalue weighted by Gasteiger charge is 2.24. The quantitative estimate of drug-likeness (QED) is 0.688. The Labute approximate surface area is 144 Å². The Hall–Kier alpha value is -3.41. The number of carbonyl (C=O) groups is 2. The summed E-state index contributed by atoms with van der Waals surface area (Å²) in [5.74, 6) is 0.192. The summed E-state index contributed by atoms with van der Waals surface area (Å²) in [5, 5.41) is 2.67. The number of nitrogens with one attached hydrogen (secondary N) is 1. The van der Waals surface area contributed by atoms with Gasteiger partial charge in [-0.25, -0.2) is 9.79 Å². The summed E-state index contributed by atoms with van der Waals surface area (Å²) >= 11 is 0. The highest BCUT2D eigenvalue weighted by atomic mass is 16.6. The number of hydrogen-bond acceptors (Lipinski definition) is 5. The van der Waals surface area contributed by atoms with Crippen molar-refractivity contribution >= 4 is 29.5 Å². The van der Waals surface area contributed by atoms with Gasteiger partial charge in [-0.05, 0) is 36.4 Å². The fourth-order valence-electron chi connectivity index (χ4n) is 2.36. The number of hydrogen-bond donors (Lipinski definition) is 1. The molecule has 0 aliphatic carbocycles. The third kappa shape index (κ3) is 3.74. The van der Waals surface area contributed by atoms with E-state index in [-0.39, 0.29) is 17.5 Å². The Kier molecular flexibility index (Phi) is 4.61. The molecule has 0 saturated carbocycles. The summed E-state index contributed by atoms with van der Waals surface area (Å²) in [4.78, 5) is 27.4. The van der Waals surface area contributed by atoms with E-state index in [4.69, 9.17) is 9.47 Å². The second-order valence-electron chi connectivity index (χ2n) is 5.34. The molecule has 0 unspecified atom stereocenters. The molecular weight excluding hydrogens is 320 g/mol. The predicted octanol–water partition coefficient (Wildman–Crippen LogP) is 3.00. The van der Waals surface area contributed by atoms with Crippen molar-refractivity contribution < 1.29 is 19.1 Å². The van der Waals surface area contributed by atoms with Gasteiger partial charge in [-0.2, -0.15) is 0 Å². The van der Waals surface area contributed by atoms with E-state index < -0.39 is 5.97 Å². The second-order valence-corrected chi connectivity index (χ2v) is 5.34. The topological polar surface area (TPSA) is 77.0 Å². The van der Waals surface area contributed by atoms with Crippen molar-refractivity contribution in [3.63, 3.8) is 0 Å². The minimum absolute atomic E-state index is 0.153. The summed E-state index contributed by atoms with van der Waals surface area (Å²) in [5.41, 5.74) is 2.24. The Bertz CT molecular complexity index is 883. The molecule has 0 aromatic heterocycles. The number of para-hydroxylation sites is 1. The maximum atomic E-state index is 12.1. The minimum atomic E-state index is -0.521. The van der Waals surface area contributed by atoms with Crippen LogP contribution in [0.4, 0.5) is 5.69 Å². The lowest BCUT2D eigenvalue weighted by atomic mass is 10.1. The average molecular weight is 336 g/mol. The van der Waals surface area contributed by atoms with Gasteiger partial charge in [-0.15, -0.1) is 0 Å². The average Bonchev–Trinajstić information content (AvgIpc) is 2.96. The van der Waals surface area contributed by atoms with Crippen molar-refractivity contribution in [2.75, 3.05) is 12.4 Å². The summed E-state index contributed by atoms with van der Waals surface area (Å²) in [6.07, 6.45) is 1.62. The van der Waals surface area contributed by atoms with E-state index in [0.717, 1.165) is 5.56 Å². The SMILES string of the molecule is COc1ccccc1/C=C1\N=C(c2ccc(NC(C)=O)cc2)OC1=O. The van der Waals surface area contributed by atoms with E-state index in [1.165, 1.54) is 6.92 Å². The van der Waals surface area contributed by atoms with Crippen molar-refractivity contribution in [1.29, 1.82) is 0 Å². The molecule has 1 amide bonds. The fourth-order valence-corrected chi connectivity index (χ4v) is 2.36. The van der Waals surface area contributed by atoms with Crippen LogP contribution >= 0.6 is 0 Å². The van der Waals surface area contributed by atoms with Gasteiger partial charge in [0.05, 0.1) is 7.11 Å². The Morgan fingerprint density at radius 2 is 1.88 bits per heavy atom. The molecule has 25 heavy (non-hydrogen) atoms. The molecule has 0 bridgehead atoms. The normalized spacial score (nSPS) is 14.9. The molecule has 2 aromatic rings. The highest BCUT2D eigenvalue weighted by Crippen LogP contribution is 2.24. The molecule has 6 nitrogen and oxygen atoms in total. The van der Waals surface area contributed by atoms with Gasteiger partial charge in [0.2, 0.25) is 11.8 Å². The summed E-state index contributed by atoms with van der Waals surface area (Å²) < 4.78 is 10.5. The van der Waals surface area contributed by atoms with Crippen LogP contribution in [0, 0.1) is 0 Å². The van der Waals surface area contributed by atoms with Crippen LogP contribution in [0.2, 0.25) is 0 Å². The molecule has 2 aromatic carbocycles. The first kappa shape index (κ1) is 16.4. The molecule has 1 aliphatic rings. The number of benzene rings is 2. The Morgan fingerprint density at radius 1 is 1.16 bits per heavy atom. The molecule has 1 heterocycles. The van der Waals surface area contributed by atoms with E-state index in [1.807, 2.05) is 18.2 Å². The van der Waals surface area contributed by atoms with E-state index in [1.54, 1.807) is 43.5 Å². The number of cyclic esters (lactones) is 1. The second kappa shape index (κ2) is 7.00. The van der Waals surface area contributed by atoms with Crippen LogP contribution in [0.1, 0.15) is 18.1 Å². The van der Waals surface area contributed by atoms with Gasteiger partial charge in [0.25, 0.3) is 0 Å². The molecule has 3 rings (SSSR count). The summed E-state index contributed by atoms with van der Waals surface area (Å²) in [6.45, 7) is 1.44. The fraction of sp³-hybridized carbons (Fsp3) is 0.105. The molecule has 126 valence electrons. The third-order valence-corrected chi connectivity index (χ3v) is 3.50. The number of nitrogens with zero attached hydrogens (tertiary/aromatic N) is 1. The zero-order chi connectivity index (χ0) is 17.8. The van der Waals surface area contributed by atoms with E-state index in [9.17, 15) is 9.59 Å². The predicted molar refractivity (Wildman–Crippen MR) is 94.3 cm³/mol. The van der Waals surface area contributed by atoms with Crippen molar-refractivity contribution in [2.24, 2.45) is 4.99 Å². The van der Waals surface area contributed by atoms with Crippen molar-refractivity contribution in [2.45, 2.75) is 6.92 Å². The van der Waals surface area contributed by atoms with Crippen LogP contribution < -0.4 is 10.1 Å². The maximum absolute atomic E-state index is 12.1. The molecular formula is C19H16N2O4. The molecule has 0 spiro atoms. The first-order valence-electron chi connectivity index (χ1n) is 7.60. The van der Waals surface area contributed by atoms with E-state index in [2.05, 4.69) is 10.3 Å². The van der Waals surface area contributed by atoms with Crippen LogP contribution in [-0.4, -0.2) is 24.9 Å². The van der Waals surface area contributed by atoms with Crippen LogP contribution in [0.5, 0.6) is 5.75 Å². The lowest BCUT2D eigenvalue weighted by Crippen LogP contribution is -2.07. The lowest BCUT2D eigenvalue weighted by Gasteiger charge is -2.03. The first-order chi connectivity index (χ1) is 12.1. The number of anilines is 1. The minimum Gasteiger partial charge on any atom is -0.496 e. The molecule has 0 fully saturated rings. The van der Waals surface area contributed by atoms with Crippen LogP contribution in [0.3, 0.4) is 0 Å². The molecule has 1 aliphatic heterocycles. The van der Waals surface area contributed by atoms with Crippen molar-refractivity contribution in [3.05, 3.63) is 65.4 Å². The third-order valence-electron chi connectivity index (χ3n) is 3.50. The summed E-state index contributed by atoms with van der Waals surface area (Å²) in [6, 6.07) is 14.2. The molecule has 0 atom stereocenters. The molecule has 1 N–H and O–H groups in total. The number of esters is 1. The van der Waals surface area contributed by atoms with Gasteiger partial charge in [-0.1, -0.05) is 18.2 Å². The van der Waals surface area contributed by atoms with Gasteiger partial charge in [0.15, 0.2) is 5.70 Å². The van der Waals surface area contributed by atoms with Crippen molar-refractivity contribution in [3.8, 4) is 5.75 Å². The molecule has 6 heteroatoms. The van der Waals surface area contributed by atoms with E-state index in [0.29, 0.717) is 17.0 Å². The van der Waals surface area contributed by atoms with Gasteiger partial charge >= 0.3 is 5.97 Å². The number of rotatable bonds is 4. The van der Waals surface area contributed by atoms with Crippen molar-refractivity contribution in [1.82, 2.24) is 0 Å². The van der Waals surface area contributed by atoms with Gasteiger partial charge in [0, 0.05) is 23.7 Å². The lowest BCUT2D eigenvalue weighted by molar-refractivity contribution is -0.129. The zero-order valence-electron chi connectivity index (χ0n) is 13.8.